The second-order valence-electron chi connectivity index (χ2n) is 8.76. The van der Waals surface area contributed by atoms with Crippen molar-refractivity contribution in [3.63, 3.8) is 0 Å². The van der Waals surface area contributed by atoms with Crippen LogP contribution in [0.25, 0.3) is 0 Å². The standard InChI is InChI=1S/C29H27Cl2N3O4/c1-3-4-16-38-24-11-6-5-9-22(24)33-25(35)17-19-12-14-20(15-13-19)32-27-26(31)28(36)34(29(27)37)23-10-7-8-21(30)18(23)2/h5-15,32H,3-4,16-17H2,1-2H3,(H,33,35). The van der Waals surface area contributed by atoms with Gasteiger partial charge in [0.1, 0.15) is 16.5 Å². The largest absolute Gasteiger partial charge is 0.491 e. The van der Waals surface area contributed by atoms with Crippen molar-refractivity contribution in [1.29, 1.82) is 0 Å². The summed E-state index contributed by atoms with van der Waals surface area (Å²) < 4.78 is 5.78. The van der Waals surface area contributed by atoms with Gasteiger partial charge in [0.25, 0.3) is 11.8 Å². The number of imide groups is 1. The third kappa shape index (κ3) is 6.01. The van der Waals surface area contributed by atoms with Crippen LogP contribution in [0.3, 0.4) is 0 Å². The van der Waals surface area contributed by atoms with Gasteiger partial charge >= 0.3 is 0 Å². The molecule has 196 valence electrons. The molecule has 0 atom stereocenters. The van der Waals surface area contributed by atoms with Gasteiger partial charge in [-0.25, -0.2) is 4.90 Å². The van der Waals surface area contributed by atoms with E-state index in [0.29, 0.717) is 40.0 Å². The Hall–Kier alpha value is -3.81. The van der Waals surface area contributed by atoms with Gasteiger partial charge in [-0.05, 0) is 60.9 Å². The third-order valence-corrected chi connectivity index (χ3v) is 6.77. The minimum atomic E-state index is -0.628. The first-order valence-corrected chi connectivity index (χ1v) is 13.0. The summed E-state index contributed by atoms with van der Waals surface area (Å²) in [6, 6.07) is 19.3. The summed E-state index contributed by atoms with van der Waals surface area (Å²) >= 11 is 12.4. The monoisotopic (exact) mass is 551 g/mol. The maximum Gasteiger partial charge on any atom is 0.283 e. The molecule has 0 radical (unpaired) electrons. The summed E-state index contributed by atoms with van der Waals surface area (Å²) in [6.07, 6.45) is 2.10. The topological polar surface area (TPSA) is 87.7 Å². The number of hydrogen-bond donors (Lipinski definition) is 2. The highest BCUT2D eigenvalue weighted by Gasteiger charge is 2.39. The average molecular weight is 552 g/mol. The number of halogens is 2. The first-order valence-electron chi connectivity index (χ1n) is 12.2. The van der Waals surface area contributed by atoms with Gasteiger partial charge in [0.05, 0.1) is 24.4 Å². The number of ether oxygens (including phenoxy) is 1. The van der Waals surface area contributed by atoms with Gasteiger partial charge in [-0.1, -0.05) is 66.9 Å². The molecule has 1 heterocycles. The van der Waals surface area contributed by atoms with Crippen LogP contribution in [0, 0.1) is 6.92 Å². The first kappa shape index (κ1) is 27.2. The van der Waals surface area contributed by atoms with Crippen LogP contribution in [0.5, 0.6) is 5.75 Å². The lowest BCUT2D eigenvalue weighted by Crippen LogP contribution is -2.32. The molecule has 38 heavy (non-hydrogen) atoms. The lowest BCUT2D eigenvalue weighted by atomic mass is 10.1. The summed E-state index contributed by atoms with van der Waals surface area (Å²) in [6.45, 7) is 4.40. The Kier molecular flexibility index (Phi) is 8.71. The highest BCUT2D eigenvalue weighted by Crippen LogP contribution is 2.34. The zero-order chi connectivity index (χ0) is 27.2. The molecule has 3 aromatic rings. The molecule has 1 aliphatic heterocycles. The van der Waals surface area contributed by atoms with E-state index < -0.39 is 11.8 Å². The number of benzene rings is 3. The van der Waals surface area contributed by atoms with Gasteiger partial charge in [0, 0.05) is 10.7 Å². The molecule has 3 amide bonds. The number of para-hydroxylation sites is 2. The maximum atomic E-state index is 13.1. The van der Waals surface area contributed by atoms with E-state index in [0.717, 1.165) is 23.3 Å². The Bertz CT molecular complexity index is 1400. The smallest absolute Gasteiger partial charge is 0.283 e. The number of carbonyl (C=O) groups excluding carboxylic acids is 3. The summed E-state index contributed by atoms with van der Waals surface area (Å²) in [7, 11) is 0. The Morgan fingerprint density at radius 3 is 2.42 bits per heavy atom. The fraction of sp³-hybridized carbons (Fsp3) is 0.207. The number of amides is 3. The first-order chi connectivity index (χ1) is 18.3. The zero-order valence-electron chi connectivity index (χ0n) is 21.0. The van der Waals surface area contributed by atoms with Gasteiger partial charge in [0.2, 0.25) is 5.91 Å². The van der Waals surface area contributed by atoms with E-state index in [1.807, 2.05) is 18.2 Å². The van der Waals surface area contributed by atoms with Crippen molar-refractivity contribution >= 4 is 58.0 Å². The quantitative estimate of drug-likeness (QED) is 0.223. The van der Waals surface area contributed by atoms with Gasteiger partial charge in [-0.2, -0.15) is 0 Å². The van der Waals surface area contributed by atoms with Gasteiger partial charge in [0.15, 0.2) is 0 Å². The molecular weight excluding hydrogens is 525 g/mol. The second kappa shape index (κ2) is 12.2. The molecule has 0 fully saturated rings. The highest BCUT2D eigenvalue weighted by atomic mass is 35.5. The Morgan fingerprint density at radius 1 is 0.947 bits per heavy atom. The van der Waals surface area contributed by atoms with Crippen LogP contribution in [0.4, 0.5) is 17.1 Å². The fourth-order valence-electron chi connectivity index (χ4n) is 3.92. The maximum absolute atomic E-state index is 13.1. The van der Waals surface area contributed by atoms with Crippen LogP contribution in [-0.4, -0.2) is 24.3 Å². The Balaban J connectivity index is 1.40. The van der Waals surface area contributed by atoms with Crippen LogP contribution in [0.2, 0.25) is 5.02 Å². The number of nitrogens with zero attached hydrogens (tertiary/aromatic N) is 1. The van der Waals surface area contributed by atoms with Crippen molar-refractivity contribution in [3.8, 4) is 5.75 Å². The molecular formula is C29H27Cl2N3O4. The molecule has 0 saturated carbocycles. The van der Waals surface area contributed by atoms with Gasteiger partial charge in [-0.15, -0.1) is 0 Å². The summed E-state index contributed by atoms with van der Waals surface area (Å²) in [5.41, 5.74) is 2.88. The molecule has 1 aliphatic rings. The lowest BCUT2D eigenvalue weighted by Gasteiger charge is -2.18. The molecule has 0 unspecified atom stereocenters. The van der Waals surface area contributed by atoms with E-state index in [-0.39, 0.29) is 23.1 Å². The highest BCUT2D eigenvalue weighted by molar-refractivity contribution is 6.53. The number of hydrogen-bond acceptors (Lipinski definition) is 5. The number of nitrogens with one attached hydrogen (secondary N) is 2. The van der Waals surface area contributed by atoms with Crippen LogP contribution in [-0.2, 0) is 20.8 Å². The fourth-order valence-corrected chi connectivity index (χ4v) is 4.30. The van der Waals surface area contributed by atoms with E-state index in [4.69, 9.17) is 27.9 Å². The van der Waals surface area contributed by atoms with E-state index in [1.54, 1.807) is 55.5 Å². The molecule has 0 aromatic heterocycles. The normalized spacial score (nSPS) is 13.2. The van der Waals surface area contributed by atoms with Gasteiger partial charge in [-0.3, -0.25) is 14.4 Å². The average Bonchev–Trinajstić information content (AvgIpc) is 3.11. The molecule has 0 spiro atoms. The Morgan fingerprint density at radius 2 is 1.68 bits per heavy atom. The lowest BCUT2D eigenvalue weighted by molar-refractivity contribution is -0.120. The van der Waals surface area contributed by atoms with Crippen molar-refractivity contribution in [2.45, 2.75) is 33.1 Å². The van der Waals surface area contributed by atoms with E-state index in [9.17, 15) is 14.4 Å². The van der Waals surface area contributed by atoms with Crippen molar-refractivity contribution in [1.82, 2.24) is 0 Å². The number of unbranched alkanes of at least 4 members (excludes halogenated alkanes) is 1. The molecule has 0 aliphatic carbocycles. The minimum absolute atomic E-state index is 0.0267. The van der Waals surface area contributed by atoms with E-state index in [1.165, 1.54) is 0 Å². The van der Waals surface area contributed by atoms with E-state index in [2.05, 4.69) is 17.6 Å². The SMILES string of the molecule is CCCCOc1ccccc1NC(=O)Cc1ccc(NC2=C(Cl)C(=O)N(c3cccc(Cl)c3C)C2=O)cc1. The van der Waals surface area contributed by atoms with Crippen molar-refractivity contribution in [2.24, 2.45) is 0 Å². The van der Waals surface area contributed by atoms with Gasteiger partial charge < -0.3 is 15.4 Å². The Labute approximate surface area is 231 Å². The molecule has 4 rings (SSSR count). The van der Waals surface area contributed by atoms with E-state index >= 15 is 0 Å². The van der Waals surface area contributed by atoms with Crippen LogP contribution in [0.1, 0.15) is 30.9 Å². The molecule has 0 bridgehead atoms. The summed E-state index contributed by atoms with van der Waals surface area (Å²) in [5, 5.41) is 6.07. The van der Waals surface area contributed by atoms with Crippen molar-refractivity contribution in [2.75, 3.05) is 22.1 Å². The van der Waals surface area contributed by atoms with Crippen LogP contribution >= 0.6 is 23.2 Å². The molecule has 9 heteroatoms. The van der Waals surface area contributed by atoms with Crippen LogP contribution in [0.15, 0.2) is 77.5 Å². The number of rotatable bonds is 10. The number of carbonyl (C=O) groups is 3. The third-order valence-electron chi connectivity index (χ3n) is 6.01. The van der Waals surface area contributed by atoms with Crippen molar-refractivity contribution < 1.29 is 19.1 Å². The summed E-state index contributed by atoms with van der Waals surface area (Å²) in [5.74, 6) is -0.755. The molecule has 3 aromatic carbocycles. The predicted molar refractivity (Wildman–Crippen MR) is 151 cm³/mol. The minimum Gasteiger partial charge on any atom is -0.491 e. The summed E-state index contributed by atoms with van der Waals surface area (Å²) in [4.78, 5) is 39.5. The predicted octanol–water partition coefficient (Wildman–Crippen LogP) is 6.44. The molecule has 0 saturated heterocycles. The second-order valence-corrected chi connectivity index (χ2v) is 9.55. The van der Waals surface area contributed by atoms with Crippen molar-refractivity contribution in [3.05, 3.63) is 93.6 Å². The molecule has 2 N–H and O–H groups in total. The van der Waals surface area contributed by atoms with Crippen LogP contribution < -0.4 is 20.3 Å². The zero-order valence-corrected chi connectivity index (χ0v) is 22.5. The number of anilines is 3. The molecule has 7 nitrogen and oxygen atoms in total.